The van der Waals surface area contributed by atoms with Gasteiger partial charge >= 0.3 is 12.6 Å². The van der Waals surface area contributed by atoms with Gasteiger partial charge in [0.2, 0.25) is 0 Å². The van der Waals surface area contributed by atoms with Gasteiger partial charge < -0.3 is 14.4 Å². The van der Waals surface area contributed by atoms with Gasteiger partial charge in [0.05, 0.1) is 0 Å². The normalized spacial score (nSPS) is 16.4. The number of alkyl halides is 2. The van der Waals surface area contributed by atoms with E-state index in [9.17, 15) is 18.4 Å². The van der Waals surface area contributed by atoms with E-state index in [4.69, 9.17) is 4.74 Å². The summed E-state index contributed by atoms with van der Waals surface area (Å²) in [4.78, 5) is 26.3. The SMILES string of the molecule is CC(OC(=O)c1ccccc1OC(F)F)C(=O)N1CCCCCC1. The van der Waals surface area contributed by atoms with Crippen molar-refractivity contribution in [3.63, 3.8) is 0 Å². The number of benzene rings is 1. The molecule has 1 atom stereocenters. The minimum Gasteiger partial charge on any atom is -0.449 e. The first kappa shape index (κ1) is 18.2. The van der Waals surface area contributed by atoms with E-state index in [0.29, 0.717) is 13.1 Å². The predicted molar refractivity (Wildman–Crippen MR) is 83.0 cm³/mol. The third-order valence-corrected chi connectivity index (χ3v) is 3.87. The van der Waals surface area contributed by atoms with E-state index in [1.807, 2.05) is 0 Å². The van der Waals surface area contributed by atoms with Crippen LogP contribution in [0.5, 0.6) is 5.75 Å². The van der Waals surface area contributed by atoms with Gasteiger partial charge in [0.25, 0.3) is 5.91 Å². The summed E-state index contributed by atoms with van der Waals surface area (Å²) < 4.78 is 34.3. The molecule has 0 aliphatic carbocycles. The molecule has 1 aromatic rings. The number of likely N-dealkylation sites (tertiary alicyclic amines) is 1. The first-order valence-electron chi connectivity index (χ1n) is 8.02. The summed E-state index contributed by atoms with van der Waals surface area (Å²) in [6.07, 6.45) is 3.04. The van der Waals surface area contributed by atoms with Gasteiger partial charge in [-0.15, -0.1) is 0 Å². The molecule has 0 N–H and O–H groups in total. The third-order valence-electron chi connectivity index (χ3n) is 3.87. The number of ether oxygens (including phenoxy) is 2. The maximum absolute atomic E-state index is 12.4. The van der Waals surface area contributed by atoms with Crippen molar-refractivity contribution in [3.8, 4) is 5.75 Å². The molecule has 2 rings (SSSR count). The highest BCUT2D eigenvalue weighted by Crippen LogP contribution is 2.22. The highest BCUT2D eigenvalue weighted by atomic mass is 19.3. The second-order valence-corrected chi connectivity index (χ2v) is 5.66. The second-order valence-electron chi connectivity index (χ2n) is 5.66. The zero-order chi connectivity index (χ0) is 17.5. The fourth-order valence-electron chi connectivity index (χ4n) is 2.66. The fraction of sp³-hybridized carbons (Fsp3) is 0.529. The Morgan fingerprint density at radius 1 is 1.08 bits per heavy atom. The van der Waals surface area contributed by atoms with Gasteiger partial charge in [-0.25, -0.2) is 4.79 Å². The summed E-state index contributed by atoms with van der Waals surface area (Å²) in [6, 6.07) is 5.56. The minimum atomic E-state index is -3.05. The summed E-state index contributed by atoms with van der Waals surface area (Å²) in [5.74, 6) is -1.40. The van der Waals surface area contributed by atoms with Gasteiger partial charge in [-0.05, 0) is 31.9 Å². The zero-order valence-corrected chi connectivity index (χ0v) is 13.5. The molecule has 7 heteroatoms. The Morgan fingerprint density at radius 2 is 1.71 bits per heavy atom. The Kier molecular flexibility index (Phi) is 6.52. The van der Waals surface area contributed by atoms with Crippen LogP contribution in [0.25, 0.3) is 0 Å². The van der Waals surface area contributed by atoms with Crippen LogP contribution < -0.4 is 4.74 Å². The van der Waals surface area contributed by atoms with Gasteiger partial charge in [-0.1, -0.05) is 25.0 Å². The topological polar surface area (TPSA) is 55.8 Å². The van der Waals surface area contributed by atoms with Crippen LogP contribution in [0, 0.1) is 0 Å². The van der Waals surface area contributed by atoms with E-state index < -0.39 is 18.7 Å². The molecule has 0 radical (unpaired) electrons. The molecule has 1 amide bonds. The molecule has 0 saturated carbocycles. The van der Waals surface area contributed by atoms with E-state index in [-0.39, 0.29) is 17.2 Å². The summed E-state index contributed by atoms with van der Waals surface area (Å²) in [7, 11) is 0. The van der Waals surface area contributed by atoms with Gasteiger partial charge in [-0.3, -0.25) is 4.79 Å². The molecule has 0 aromatic heterocycles. The number of carbonyl (C=O) groups excluding carboxylic acids is 2. The molecular formula is C17H21F2NO4. The average Bonchev–Trinajstić information content (AvgIpc) is 2.83. The van der Waals surface area contributed by atoms with Crippen molar-refractivity contribution in [2.24, 2.45) is 0 Å². The number of rotatable bonds is 5. The molecule has 1 saturated heterocycles. The zero-order valence-electron chi connectivity index (χ0n) is 13.5. The molecule has 1 unspecified atom stereocenters. The molecule has 5 nitrogen and oxygen atoms in total. The van der Waals surface area contributed by atoms with E-state index in [1.54, 1.807) is 4.90 Å². The third kappa shape index (κ3) is 4.91. The van der Waals surface area contributed by atoms with Crippen molar-refractivity contribution in [2.75, 3.05) is 13.1 Å². The number of hydrogen-bond acceptors (Lipinski definition) is 4. The van der Waals surface area contributed by atoms with Gasteiger partial charge in [0.15, 0.2) is 6.10 Å². The van der Waals surface area contributed by atoms with Crippen molar-refractivity contribution >= 4 is 11.9 Å². The fourth-order valence-corrected chi connectivity index (χ4v) is 2.66. The van der Waals surface area contributed by atoms with Crippen LogP contribution in [0.3, 0.4) is 0 Å². The quantitative estimate of drug-likeness (QED) is 0.772. The Hall–Kier alpha value is -2.18. The molecule has 132 valence electrons. The van der Waals surface area contributed by atoms with E-state index in [0.717, 1.165) is 25.7 Å². The number of esters is 1. The summed E-state index contributed by atoms with van der Waals surface area (Å²) in [6.45, 7) is -0.269. The predicted octanol–water partition coefficient (Wildman–Crippen LogP) is 3.24. The maximum atomic E-state index is 12.4. The summed E-state index contributed by atoms with van der Waals surface area (Å²) in [5, 5.41) is 0. The van der Waals surface area contributed by atoms with Crippen LogP contribution in [-0.2, 0) is 9.53 Å². The van der Waals surface area contributed by atoms with Gasteiger partial charge in [-0.2, -0.15) is 8.78 Å². The molecule has 1 heterocycles. The van der Waals surface area contributed by atoms with Crippen molar-refractivity contribution in [1.29, 1.82) is 0 Å². The lowest BCUT2D eigenvalue weighted by Crippen LogP contribution is -2.40. The lowest BCUT2D eigenvalue weighted by molar-refractivity contribution is -0.139. The number of amides is 1. The molecule has 0 bridgehead atoms. The lowest BCUT2D eigenvalue weighted by Gasteiger charge is -2.24. The minimum absolute atomic E-state index is 0.131. The largest absolute Gasteiger partial charge is 0.449 e. The molecule has 1 fully saturated rings. The highest BCUT2D eigenvalue weighted by Gasteiger charge is 2.26. The van der Waals surface area contributed by atoms with Crippen LogP contribution in [0.15, 0.2) is 24.3 Å². The van der Waals surface area contributed by atoms with E-state index >= 15 is 0 Å². The summed E-state index contributed by atoms with van der Waals surface area (Å²) in [5.41, 5.74) is -0.131. The number of carbonyl (C=O) groups is 2. The number of halogens is 2. The van der Waals surface area contributed by atoms with E-state index in [1.165, 1.54) is 31.2 Å². The first-order valence-corrected chi connectivity index (χ1v) is 8.02. The van der Waals surface area contributed by atoms with E-state index in [2.05, 4.69) is 4.74 Å². The first-order chi connectivity index (χ1) is 11.5. The van der Waals surface area contributed by atoms with Crippen LogP contribution in [-0.4, -0.2) is 42.6 Å². The van der Waals surface area contributed by atoms with Crippen LogP contribution >= 0.6 is 0 Å². The Morgan fingerprint density at radius 3 is 2.33 bits per heavy atom. The second kappa shape index (κ2) is 8.61. The number of para-hydroxylation sites is 1. The van der Waals surface area contributed by atoms with Crippen molar-refractivity contribution in [3.05, 3.63) is 29.8 Å². The van der Waals surface area contributed by atoms with Crippen LogP contribution in [0.2, 0.25) is 0 Å². The van der Waals surface area contributed by atoms with Crippen molar-refractivity contribution in [1.82, 2.24) is 4.90 Å². The molecule has 0 spiro atoms. The Balaban J connectivity index is 2.02. The van der Waals surface area contributed by atoms with Crippen LogP contribution in [0.1, 0.15) is 43.0 Å². The van der Waals surface area contributed by atoms with Crippen molar-refractivity contribution in [2.45, 2.75) is 45.3 Å². The molecule has 1 aromatic carbocycles. The van der Waals surface area contributed by atoms with Crippen LogP contribution in [0.4, 0.5) is 8.78 Å². The molecule has 1 aliphatic heterocycles. The standard InChI is InChI=1S/C17H21F2NO4/c1-12(15(21)20-10-6-2-3-7-11-20)23-16(22)13-8-4-5-9-14(13)24-17(18)19/h4-5,8-9,12,17H,2-3,6-7,10-11H2,1H3. The number of nitrogens with zero attached hydrogens (tertiary/aromatic N) is 1. The lowest BCUT2D eigenvalue weighted by atomic mass is 10.2. The average molecular weight is 341 g/mol. The molecular weight excluding hydrogens is 320 g/mol. The maximum Gasteiger partial charge on any atom is 0.387 e. The Bertz CT molecular complexity index is 571. The number of hydrogen-bond donors (Lipinski definition) is 0. The Labute approximate surface area is 139 Å². The molecule has 24 heavy (non-hydrogen) atoms. The van der Waals surface area contributed by atoms with Gasteiger partial charge in [0, 0.05) is 13.1 Å². The highest BCUT2D eigenvalue weighted by molar-refractivity contribution is 5.94. The molecule has 1 aliphatic rings. The van der Waals surface area contributed by atoms with Gasteiger partial charge in [0.1, 0.15) is 11.3 Å². The summed E-state index contributed by atoms with van der Waals surface area (Å²) >= 11 is 0. The smallest absolute Gasteiger partial charge is 0.387 e. The van der Waals surface area contributed by atoms with Crippen molar-refractivity contribution < 1.29 is 27.8 Å². The monoisotopic (exact) mass is 341 g/mol.